The minimum Gasteiger partial charge on any atom is -0.455 e. The molecule has 0 radical (unpaired) electrons. The summed E-state index contributed by atoms with van der Waals surface area (Å²) in [6, 6.07) is 56.6. The summed E-state index contributed by atoms with van der Waals surface area (Å²) in [5.41, 5.74) is 8.19. The van der Waals surface area contributed by atoms with Gasteiger partial charge in [0.2, 0.25) is 0 Å². The fourth-order valence-corrected chi connectivity index (χ4v) is 8.14. The van der Waals surface area contributed by atoms with Crippen molar-refractivity contribution >= 4 is 87.0 Å². The predicted octanol–water partition coefficient (Wildman–Crippen LogP) is 13.4. The molecule has 0 unspecified atom stereocenters. The Balaban J connectivity index is 1.36. The van der Waals surface area contributed by atoms with Crippen LogP contribution in [0, 0.1) is 0 Å². The molecule has 11 rings (SSSR count). The molecule has 0 saturated carbocycles. The molecular formula is C46H26O2. The van der Waals surface area contributed by atoms with Crippen LogP contribution >= 0.6 is 0 Å². The van der Waals surface area contributed by atoms with Gasteiger partial charge in [-0.05, 0) is 78.5 Å². The van der Waals surface area contributed by atoms with Gasteiger partial charge in [-0.15, -0.1) is 0 Å². The van der Waals surface area contributed by atoms with Crippen molar-refractivity contribution in [1.82, 2.24) is 0 Å². The Labute approximate surface area is 275 Å². The van der Waals surface area contributed by atoms with E-state index in [9.17, 15) is 0 Å². The maximum Gasteiger partial charge on any atom is 0.147 e. The molecule has 0 atom stereocenters. The molecule has 0 fully saturated rings. The zero-order valence-corrected chi connectivity index (χ0v) is 25.8. The molecule has 2 nitrogen and oxygen atoms in total. The van der Waals surface area contributed by atoms with Gasteiger partial charge in [-0.2, -0.15) is 0 Å². The van der Waals surface area contributed by atoms with Crippen LogP contribution in [0.15, 0.2) is 167 Å². The van der Waals surface area contributed by atoms with Crippen LogP contribution in [0.2, 0.25) is 0 Å². The van der Waals surface area contributed by atoms with Crippen molar-refractivity contribution in [3.05, 3.63) is 158 Å². The lowest BCUT2D eigenvalue weighted by Crippen LogP contribution is -1.92. The highest BCUT2D eigenvalue weighted by Crippen LogP contribution is 2.50. The van der Waals surface area contributed by atoms with E-state index in [0.717, 1.165) is 54.8 Å². The average molecular weight is 611 g/mol. The molecule has 0 saturated heterocycles. The standard InChI is InChI=1S/C46H26O2/c1-2-14-29-25-41-38(24-28(29)13-1)44-45-37(31-17-9-10-23-40(31)47-45)26-39(46(44)48-41)43-35-20-7-5-18-33(35)42(34-19-6-8-21-36(34)43)32-22-11-15-27-12-3-4-16-30(27)32/h1-26H. The Hall–Kier alpha value is -6.38. The number of hydrogen-bond donors (Lipinski definition) is 0. The van der Waals surface area contributed by atoms with Gasteiger partial charge < -0.3 is 8.83 Å². The average Bonchev–Trinajstić information content (AvgIpc) is 3.70. The molecule has 2 heteroatoms. The van der Waals surface area contributed by atoms with E-state index in [1.54, 1.807) is 0 Å². The largest absolute Gasteiger partial charge is 0.455 e. The molecule has 0 spiro atoms. The number of para-hydroxylation sites is 1. The summed E-state index contributed by atoms with van der Waals surface area (Å²) in [6.07, 6.45) is 0. The summed E-state index contributed by atoms with van der Waals surface area (Å²) in [5, 5.41) is 13.9. The summed E-state index contributed by atoms with van der Waals surface area (Å²) in [7, 11) is 0. The summed E-state index contributed by atoms with van der Waals surface area (Å²) in [6.45, 7) is 0. The molecule has 48 heavy (non-hydrogen) atoms. The first-order valence-electron chi connectivity index (χ1n) is 16.4. The van der Waals surface area contributed by atoms with Crippen LogP contribution in [0.1, 0.15) is 0 Å². The lowest BCUT2D eigenvalue weighted by atomic mass is 9.84. The molecule has 0 bridgehead atoms. The second kappa shape index (κ2) is 9.57. The van der Waals surface area contributed by atoms with Crippen LogP contribution in [0.5, 0.6) is 0 Å². The fourth-order valence-electron chi connectivity index (χ4n) is 8.14. The van der Waals surface area contributed by atoms with E-state index >= 15 is 0 Å². The molecule has 0 N–H and O–H groups in total. The van der Waals surface area contributed by atoms with Gasteiger partial charge in [0, 0.05) is 27.3 Å². The van der Waals surface area contributed by atoms with Gasteiger partial charge in [0.05, 0.1) is 5.39 Å². The van der Waals surface area contributed by atoms with Crippen molar-refractivity contribution in [2.75, 3.05) is 0 Å². The number of benzene rings is 9. The monoisotopic (exact) mass is 610 g/mol. The van der Waals surface area contributed by atoms with Gasteiger partial charge in [-0.3, -0.25) is 0 Å². The molecule has 0 aliphatic carbocycles. The molecule has 0 amide bonds. The zero-order valence-electron chi connectivity index (χ0n) is 25.8. The quantitative estimate of drug-likeness (QED) is 0.182. The van der Waals surface area contributed by atoms with Crippen LogP contribution in [-0.2, 0) is 0 Å². The van der Waals surface area contributed by atoms with Crippen molar-refractivity contribution in [2.45, 2.75) is 0 Å². The number of hydrogen-bond acceptors (Lipinski definition) is 2. The maximum absolute atomic E-state index is 6.96. The lowest BCUT2D eigenvalue weighted by Gasteiger charge is -2.19. The number of rotatable bonds is 2. The molecule has 222 valence electrons. The van der Waals surface area contributed by atoms with Crippen LogP contribution in [0.3, 0.4) is 0 Å². The van der Waals surface area contributed by atoms with Gasteiger partial charge in [0.1, 0.15) is 22.3 Å². The van der Waals surface area contributed by atoms with Gasteiger partial charge in [-0.1, -0.05) is 133 Å². The Morgan fingerprint density at radius 1 is 0.292 bits per heavy atom. The zero-order chi connectivity index (χ0) is 31.3. The van der Waals surface area contributed by atoms with Crippen LogP contribution in [0.25, 0.3) is 109 Å². The normalized spacial score (nSPS) is 12.2. The second-order valence-electron chi connectivity index (χ2n) is 12.8. The third-order valence-electron chi connectivity index (χ3n) is 10.2. The first-order chi connectivity index (χ1) is 23.8. The first-order valence-corrected chi connectivity index (χ1v) is 16.4. The summed E-state index contributed by atoms with van der Waals surface area (Å²) in [4.78, 5) is 0. The molecule has 0 aliphatic heterocycles. The van der Waals surface area contributed by atoms with E-state index < -0.39 is 0 Å². The third kappa shape index (κ3) is 3.46. The topological polar surface area (TPSA) is 26.3 Å². The summed E-state index contributed by atoms with van der Waals surface area (Å²) in [5.74, 6) is 0. The molecule has 2 heterocycles. The van der Waals surface area contributed by atoms with Crippen LogP contribution < -0.4 is 0 Å². The highest BCUT2D eigenvalue weighted by atomic mass is 16.3. The molecule has 9 aromatic carbocycles. The molecular weight excluding hydrogens is 585 g/mol. The molecule has 2 aromatic heterocycles. The Morgan fingerprint density at radius 3 is 1.52 bits per heavy atom. The van der Waals surface area contributed by atoms with Gasteiger partial charge in [0.25, 0.3) is 0 Å². The van der Waals surface area contributed by atoms with Crippen molar-refractivity contribution in [3.63, 3.8) is 0 Å². The Kier molecular flexibility index (Phi) is 5.14. The third-order valence-corrected chi connectivity index (χ3v) is 10.2. The van der Waals surface area contributed by atoms with Crippen LogP contribution in [-0.4, -0.2) is 0 Å². The van der Waals surface area contributed by atoms with Gasteiger partial charge >= 0.3 is 0 Å². The summed E-state index contributed by atoms with van der Waals surface area (Å²) >= 11 is 0. The SMILES string of the molecule is c1ccc2cc3c(cc2c1)oc1c(-c2c4ccccc4c(-c4cccc5ccccc45)c4ccccc24)cc2c4ccccc4oc2c13. The number of fused-ring (bicyclic) bond motifs is 11. The van der Waals surface area contributed by atoms with E-state index in [1.165, 1.54) is 54.4 Å². The highest BCUT2D eigenvalue weighted by molar-refractivity contribution is 6.30. The van der Waals surface area contributed by atoms with Crippen molar-refractivity contribution < 1.29 is 8.83 Å². The Bertz CT molecular complexity index is 3060. The fraction of sp³-hybridized carbons (Fsp3) is 0. The van der Waals surface area contributed by atoms with Crippen molar-refractivity contribution in [3.8, 4) is 22.3 Å². The predicted molar refractivity (Wildman–Crippen MR) is 202 cm³/mol. The first kappa shape index (κ1) is 25.8. The maximum atomic E-state index is 6.96. The lowest BCUT2D eigenvalue weighted by molar-refractivity contribution is 0.664. The van der Waals surface area contributed by atoms with E-state index in [4.69, 9.17) is 8.83 Å². The van der Waals surface area contributed by atoms with Crippen molar-refractivity contribution in [1.29, 1.82) is 0 Å². The molecule has 11 aromatic rings. The second-order valence-corrected chi connectivity index (χ2v) is 12.8. The smallest absolute Gasteiger partial charge is 0.147 e. The van der Waals surface area contributed by atoms with E-state index in [-0.39, 0.29) is 0 Å². The van der Waals surface area contributed by atoms with E-state index in [2.05, 4.69) is 152 Å². The van der Waals surface area contributed by atoms with Gasteiger partial charge in [-0.25, -0.2) is 0 Å². The summed E-state index contributed by atoms with van der Waals surface area (Å²) < 4.78 is 13.6. The van der Waals surface area contributed by atoms with Crippen molar-refractivity contribution in [2.24, 2.45) is 0 Å². The van der Waals surface area contributed by atoms with Gasteiger partial charge in [0.15, 0.2) is 0 Å². The number of furan rings is 2. The molecule has 0 aliphatic rings. The highest BCUT2D eigenvalue weighted by Gasteiger charge is 2.25. The minimum absolute atomic E-state index is 0.847. The Morgan fingerprint density at radius 2 is 0.812 bits per heavy atom. The minimum atomic E-state index is 0.847. The van der Waals surface area contributed by atoms with E-state index in [1.807, 2.05) is 6.07 Å². The van der Waals surface area contributed by atoms with E-state index in [0.29, 0.717) is 0 Å². The van der Waals surface area contributed by atoms with Crippen LogP contribution in [0.4, 0.5) is 0 Å².